The number of rotatable bonds is 6. The van der Waals surface area contributed by atoms with Crippen molar-refractivity contribution in [2.45, 2.75) is 19.4 Å². The monoisotopic (exact) mass is 301 g/mol. The normalized spacial score (nSPS) is 12.0. The van der Waals surface area contributed by atoms with E-state index in [9.17, 15) is 20.1 Å². The van der Waals surface area contributed by atoms with E-state index in [-0.39, 0.29) is 41.2 Å². The van der Waals surface area contributed by atoms with Gasteiger partial charge >= 0.3 is 0 Å². The van der Waals surface area contributed by atoms with Crippen LogP contribution in [0.2, 0.25) is 0 Å². The highest BCUT2D eigenvalue weighted by molar-refractivity contribution is 5.98. The summed E-state index contributed by atoms with van der Waals surface area (Å²) in [6, 6.07) is 10.8. The third-order valence-corrected chi connectivity index (χ3v) is 3.31. The molecule has 0 unspecified atom stereocenters. The second kappa shape index (κ2) is 6.95. The van der Waals surface area contributed by atoms with Crippen LogP contribution in [-0.4, -0.2) is 33.7 Å². The predicted octanol–water partition coefficient (Wildman–Crippen LogP) is 2.21. The van der Waals surface area contributed by atoms with Crippen LogP contribution in [0.5, 0.6) is 17.2 Å². The average molecular weight is 301 g/mol. The van der Waals surface area contributed by atoms with Crippen LogP contribution >= 0.6 is 0 Å². The molecular formula is C17H19NO4. The summed E-state index contributed by atoms with van der Waals surface area (Å²) in [5.41, 5.74) is 1.32. The molecule has 0 aliphatic carbocycles. The van der Waals surface area contributed by atoms with E-state index in [0.717, 1.165) is 12.0 Å². The molecule has 0 bridgehead atoms. The summed E-state index contributed by atoms with van der Waals surface area (Å²) in [5.74, 6) is -0.257. The van der Waals surface area contributed by atoms with Crippen LogP contribution in [0.15, 0.2) is 42.5 Å². The Morgan fingerprint density at radius 2 is 1.59 bits per heavy atom. The molecule has 5 nitrogen and oxygen atoms in total. The van der Waals surface area contributed by atoms with Gasteiger partial charge in [0.15, 0.2) is 5.78 Å². The SMILES string of the molecule is C[C@@H](Cc1ccc(O)cc1)NCC(=O)c1cc(O)cc(O)c1. The second-order valence-corrected chi connectivity index (χ2v) is 5.31. The molecule has 2 rings (SSSR count). The zero-order valence-corrected chi connectivity index (χ0v) is 12.3. The van der Waals surface area contributed by atoms with Gasteiger partial charge in [-0.15, -0.1) is 0 Å². The minimum Gasteiger partial charge on any atom is -0.508 e. The molecule has 0 saturated carbocycles. The lowest BCUT2D eigenvalue weighted by atomic mass is 10.1. The minimum atomic E-state index is -0.205. The van der Waals surface area contributed by atoms with Gasteiger partial charge in [-0.2, -0.15) is 0 Å². The van der Waals surface area contributed by atoms with Gasteiger partial charge in [0.1, 0.15) is 17.2 Å². The Hall–Kier alpha value is -2.53. The van der Waals surface area contributed by atoms with Crippen molar-refractivity contribution in [3.63, 3.8) is 0 Å². The van der Waals surface area contributed by atoms with E-state index in [1.54, 1.807) is 12.1 Å². The number of phenolic OH excluding ortho intramolecular Hbond substituents is 3. The van der Waals surface area contributed by atoms with E-state index in [1.165, 1.54) is 18.2 Å². The molecule has 22 heavy (non-hydrogen) atoms. The second-order valence-electron chi connectivity index (χ2n) is 5.31. The molecule has 0 aromatic heterocycles. The zero-order chi connectivity index (χ0) is 16.1. The Balaban J connectivity index is 1.88. The van der Waals surface area contributed by atoms with E-state index in [2.05, 4.69) is 5.32 Å². The Bertz CT molecular complexity index is 632. The largest absolute Gasteiger partial charge is 0.508 e. The molecule has 0 heterocycles. The quantitative estimate of drug-likeness (QED) is 0.614. The Kier molecular flexibility index (Phi) is 5.01. The number of carbonyl (C=O) groups excluding carboxylic acids is 1. The first-order valence-electron chi connectivity index (χ1n) is 7.01. The van der Waals surface area contributed by atoms with Gasteiger partial charge in [0.2, 0.25) is 0 Å². The number of hydrogen-bond donors (Lipinski definition) is 4. The van der Waals surface area contributed by atoms with Crippen molar-refractivity contribution in [2.75, 3.05) is 6.54 Å². The van der Waals surface area contributed by atoms with Gasteiger partial charge in [0, 0.05) is 17.7 Å². The van der Waals surface area contributed by atoms with Crippen molar-refractivity contribution in [2.24, 2.45) is 0 Å². The van der Waals surface area contributed by atoms with E-state index in [4.69, 9.17) is 0 Å². The van der Waals surface area contributed by atoms with Gasteiger partial charge in [0.25, 0.3) is 0 Å². The van der Waals surface area contributed by atoms with Crippen LogP contribution in [0.4, 0.5) is 0 Å². The van der Waals surface area contributed by atoms with Crippen LogP contribution in [0.25, 0.3) is 0 Å². The first-order valence-corrected chi connectivity index (χ1v) is 7.01. The molecule has 0 saturated heterocycles. The average Bonchev–Trinajstić information content (AvgIpc) is 2.46. The smallest absolute Gasteiger partial charge is 0.176 e. The number of benzene rings is 2. The molecule has 0 aliphatic heterocycles. The maximum atomic E-state index is 12.0. The number of hydrogen-bond acceptors (Lipinski definition) is 5. The van der Waals surface area contributed by atoms with E-state index < -0.39 is 0 Å². The van der Waals surface area contributed by atoms with Crippen LogP contribution in [-0.2, 0) is 6.42 Å². The fourth-order valence-corrected chi connectivity index (χ4v) is 2.18. The number of Topliss-reactive ketones (excluding diaryl/α,β-unsaturated/α-hetero) is 1. The van der Waals surface area contributed by atoms with Crippen LogP contribution in [0.3, 0.4) is 0 Å². The number of aromatic hydroxyl groups is 3. The van der Waals surface area contributed by atoms with Crippen LogP contribution in [0.1, 0.15) is 22.8 Å². The fourth-order valence-electron chi connectivity index (χ4n) is 2.18. The van der Waals surface area contributed by atoms with Crippen LogP contribution in [0, 0.1) is 0 Å². The predicted molar refractivity (Wildman–Crippen MR) is 83.4 cm³/mol. The summed E-state index contributed by atoms with van der Waals surface area (Å²) in [7, 11) is 0. The van der Waals surface area contributed by atoms with Gasteiger partial charge in [0.05, 0.1) is 6.54 Å². The lowest BCUT2D eigenvalue weighted by Crippen LogP contribution is -2.33. The zero-order valence-electron chi connectivity index (χ0n) is 12.3. The van der Waals surface area contributed by atoms with Gasteiger partial charge in [-0.1, -0.05) is 12.1 Å². The molecule has 2 aromatic rings. The summed E-state index contributed by atoms with van der Waals surface area (Å²) >= 11 is 0. The van der Waals surface area contributed by atoms with Crippen LogP contribution < -0.4 is 5.32 Å². The summed E-state index contributed by atoms with van der Waals surface area (Å²) in [4.78, 5) is 12.0. The highest BCUT2D eigenvalue weighted by atomic mass is 16.3. The summed E-state index contributed by atoms with van der Waals surface area (Å²) in [5, 5.41) is 31.1. The van der Waals surface area contributed by atoms with Crippen molar-refractivity contribution in [1.82, 2.24) is 5.32 Å². The molecule has 0 aliphatic rings. The molecule has 4 N–H and O–H groups in total. The van der Waals surface area contributed by atoms with Gasteiger partial charge < -0.3 is 20.6 Å². The number of phenols is 3. The molecule has 0 spiro atoms. The number of carbonyl (C=O) groups is 1. The van der Waals surface area contributed by atoms with Crippen molar-refractivity contribution < 1.29 is 20.1 Å². The van der Waals surface area contributed by atoms with Gasteiger partial charge in [-0.3, -0.25) is 4.79 Å². The molecule has 5 heteroatoms. The van der Waals surface area contributed by atoms with E-state index in [0.29, 0.717) is 0 Å². The fraction of sp³-hybridized carbons (Fsp3) is 0.235. The summed E-state index contributed by atoms with van der Waals surface area (Å²) in [6.07, 6.45) is 0.721. The first-order chi connectivity index (χ1) is 10.4. The molecule has 116 valence electrons. The first kappa shape index (κ1) is 15.9. The van der Waals surface area contributed by atoms with Crippen molar-refractivity contribution in [1.29, 1.82) is 0 Å². The maximum absolute atomic E-state index is 12.0. The Morgan fingerprint density at radius 1 is 1.00 bits per heavy atom. The van der Waals surface area contributed by atoms with E-state index in [1.807, 2.05) is 19.1 Å². The van der Waals surface area contributed by atoms with E-state index >= 15 is 0 Å². The van der Waals surface area contributed by atoms with Crippen molar-refractivity contribution >= 4 is 5.78 Å². The molecule has 1 atom stereocenters. The highest BCUT2D eigenvalue weighted by Gasteiger charge is 2.11. The summed E-state index contributed by atoms with van der Waals surface area (Å²) < 4.78 is 0. The Morgan fingerprint density at radius 3 is 2.18 bits per heavy atom. The highest BCUT2D eigenvalue weighted by Crippen LogP contribution is 2.20. The van der Waals surface area contributed by atoms with Gasteiger partial charge in [-0.05, 0) is 43.2 Å². The molecule has 0 amide bonds. The third-order valence-electron chi connectivity index (χ3n) is 3.31. The lowest BCUT2D eigenvalue weighted by Gasteiger charge is -2.13. The molecule has 0 fully saturated rings. The molecule has 0 radical (unpaired) electrons. The molecule has 2 aromatic carbocycles. The lowest BCUT2D eigenvalue weighted by molar-refractivity contribution is 0.0987. The standard InChI is InChI=1S/C17H19NO4/c1-11(6-12-2-4-14(19)5-3-12)18-10-17(22)13-7-15(20)9-16(21)8-13/h2-5,7-9,11,18-21H,6,10H2,1H3/t11-/m0/s1. The maximum Gasteiger partial charge on any atom is 0.176 e. The third kappa shape index (κ3) is 4.49. The minimum absolute atomic E-state index is 0.0689. The number of ketones is 1. The Labute approximate surface area is 128 Å². The topological polar surface area (TPSA) is 89.8 Å². The van der Waals surface area contributed by atoms with Crippen molar-refractivity contribution in [3.05, 3.63) is 53.6 Å². The van der Waals surface area contributed by atoms with Gasteiger partial charge in [-0.25, -0.2) is 0 Å². The number of nitrogens with one attached hydrogen (secondary N) is 1. The van der Waals surface area contributed by atoms with Crippen molar-refractivity contribution in [3.8, 4) is 17.2 Å². The summed E-state index contributed by atoms with van der Waals surface area (Å²) in [6.45, 7) is 2.07. The molecular weight excluding hydrogens is 282 g/mol.